The van der Waals surface area contributed by atoms with Crippen molar-refractivity contribution >= 4 is 5.91 Å². The molecule has 2 unspecified atom stereocenters. The quantitative estimate of drug-likeness (QED) is 0.904. The maximum Gasteiger partial charge on any atom is 0.227 e. The molecule has 1 aromatic rings. The van der Waals surface area contributed by atoms with Crippen LogP contribution in [0.15, 0.2) is 18.2 Å². The van der Waals surface area contributed by atoms with E-state index < -0.39 is 11.6 Å². The van der Waals surface area contributed by atoms with Crippen molar-refractivity contribution in [2.75, 3.05) is 19.6 Å². The van der Waals surface area contributed by atoms with Crippen LogP contribution in [0.1, 0.15) is 19.4 Å². The standard InChI is InChI=1S/C16H20F2N2O/c1-16(2)12-8-19-7-10(12)9-20(16)15(21)6-11-13(17)4-3-5-14(11)18/h3-5,10,12,19H,6-9H2,1-2H3. The molecule has 3 rings (SSSR count). The van der Waals surface area contributed by atoms with E-state index in [0.29, 0.717) is 18.4 Å². The molecule has 2 aliphatic heterocycles. The second-order valence-corrected chi connectivity index (χ2v) is 6.56. The van der Waals surface area contributed by atoms with Gasteiger partial charge in [0.15, 0.2) is 0 Å². The van der Waals surface area contributed by atoms with Gasteiger partial charge in [0.25, 0.3) is 0 Å². The molecule has 2 aliphatic rings. The second-order valence-electron chi connectivity index (χ2n) is 6.56. The van der Waals surface area contributed by atoms with Gasteiger partial charge in [-0.2, -0.15) is 0 Å². The van der Waals surface area contributed by atoms with E-state index >= 15 is 0 Å². The summed E-state index contributed by atoms with van der Waals surface area (Å²) >= 11 is 0. The van der Waals surface area contributed by atoms with Crippen LogP contribution < -0.4 is 5.32 Å². The number of nitrogens with one attached hydrogen (secondary N) is 1. The minimum Gasteiger partial charge on any atom is -0.337 e. The van der Waals surface area contributed by atoms with E-state index in [1.807, 2.05) is 13.8 Å². The van der Waals surface area contributed by atoms with Crippen LogP contribution in [0.25, 0.3) is 0 Å². The van der Waals surface area contributed by atoms with Gasteiger partial charge >= 0.3 is 0 Å². The van der Waals surface area contributed by atoms with E-state index in [4.69, 9.17) is 0 Å². The molecule has 1 amide bonds. The van der Waals surface area contributed by atoms with Crippen molar-refractivity contribution in [3.05, 3.63) is 35.4 Å². The van der Waals surface area contributed by atoms with Crippen LogP contribution in [0.2, 0.25) is 0 Å². The van der Waals surface area contributed by atoms with Crippen LogP contribution in [-0.2, 0) is 11.2 Å². The fourth-order valence-electron chi connectivity index (χ4n) is 3.79. The molecule has 1 aromatic carbocycles. The average Bonchev–Trinajstić information content (AvgIpc) is 2.97. The Labute approximate surface area is 123 Å². The number of hydrogen-bond acceptors (Lipinski definition) is 2. The zero-order valence-electron chi connectivity index (χ0n) is 12.3. The highest BCUT2D eigenvalue weighted by atomic mass is 19.1. The first kappa shape index (κ1) is 14.4. The van der Waals surface area contributed by atoms with Gasteiger partial charge in [-0.3, -0.25) is 4.79 Å². The van der Waals surface area contributed by atoms with E-state index in [1.54, 1.807) is 4.90 Å². The van der Waals surface area contributed by atoms with Gasteiger partial charge in [-0.1, -0.05) is 6.07 Å². The molecular formula is C16H20F2N2O. The number of nitrogens with zero attached hydrogens (tertiary/aromatic N) is 1. The number of rotatable bonds is 2. The van der Waals surface area contributed by atoms with E-state index in [0.717, 1.165) is 13.1 Å². The fraction of sp³-hybridized carbons (Fsp3) is 0.562. The van der Waals surface area contributed by atoms with Crippen molar-refractivity contribution in [1.82, 2.24) is 10.2 Å². The summed E-state index contributed by atoms with van der Waals surface area (Å²) in [4.78, 5) is 14.3. The number of amides is 1. The molecule has 0 spiro atoms. The monoisotopic (exact) mass is 294 g/mol. The van der Waals surface area contributed by atoms with Gasteiger partial charge < -0.3 is 10.2 Å². The van der Waals surface area contributed by atoms with Gasteiger partial charge in [0, 0.05) is 30.7 Å². The van der Waals surface area contributed by atoms with Gasteiger partial charge in [0.1, 0.15) is 11.6 Å². The van der Waals surface area contributed by atoms with Crippen LogP contribution in [0.3, 0.4) is 0 Å². The van der Waals surface area contributed by atoms with Crippen LogP contribution >= 0.6 is 0 Å². The summed E-state index contributed by atoms with van der Waals surface area (Å²) in [6.45, 7) is 6.56. The number of halogens is 2. The molecule has 2 heterocycles. The van der Waals surface area contributed by atoms with Crippen molar-refractivity contribution in [3.8, 4) is 0 Å². The number of fused-ring (bicyclic) bond motifs is 1. The smallest absolute Gasteiger partial charge is 0.227 e. The van der Waals surface area contributed by atoms with Crippen molar-refractivity contribution in [2.45, 2.75) is 25.8 Å². The maximum absolute atomic E-state index is 13.7. The predicted molar refractivity (Wildman–Crippen MR) is 75.7 cm³/mol. The lowest BCUT2D eigenvalue weighted by Crippen LogP contribution is -2.48. The highest BCUT2D eigenvalue weighted by molar-refractivity contribution is 5.80. The summed E-state index contributed by atoms with van der Waals surface area (Å²) in [5.41, 5.74) is -0.402. The molecule has 0 saturated carbocycles. The van der Waals surface area contributed by atoms with Crippen molar-refractivity contribution in [1.29, 1.82) is 0 Å². The summed E-state index contributed by atoms with van der Waals surface area (Å²) in [6.07, 6.45) is -0.213. The van der Waals surface area contributed by atoms with Gasteiger partial charge in [-0.05, 0) is 37.8 Å². The van der Waals surface area contributed by atoms with Crippen molar-refractivity contribution in [2.24, 2.45) is 11.8 Å². The summed E-state index contributed by atoms with van der Waals surface area (Å²) in [5.74, 6) is -0.649. The van der Waals surface area contributed by atoms with Crippen LogP contribution in [0.4, 0.5) is 8.78 Å². The Bertz CT molecular complexity index is 553. The third-order valence-corrected chi connectivity index (χ3v) is 5.05. The number of carbonyl (C=O) groups excluding carboxylic acids is 1. The predicted octanol–water partition coefficient (Wildman–Crippen LogP) is 1.96. The first-order valence-corrected chi connectivity index (χ1v) is 7.35. The molecule has 2 fully saturated rings. The SMILES string of the molecule is CC1(C)C2CNCC2CN1C(=O)Cc1c(F)cccc1F. The molecule has 0 aliphatic carbocycles. The highest BCUT2D eigenvalue weighted by Crippen LogP contribution is 2.40. The summed E-state index contributed by atoms with van der Waals surface area (Å²) in [7, 11) is 0. The Morgan fingerprint density at radius 2 is 2.00 bits per heavy atom. The molecule has 21 heavy (non-hydrogen) atoms. The molecule has 0 bridgehead atoms. The van der Waals surface area contributed by atoms with Gasteiger partial charge in [-0.25, -0.2) is 8.78 Å². The van der Waals surface area contributed by atoms with Gasteiger partial charge in [0.05, 0.1) is 6.42 Å². The number of carbonyl (C=O) groups is 1. The highest BCUT2D eigenvalue weighted by Gasteiger charge is 2.51. The Hall–Kier alpha value is -1.49. The lowest BCUT2D eigenvalue weighted by Gasteiger charge is -2.35. The van der Waals surface area contributed by atoms with Gasteiger partial charge in [0.2, 0.25) is 5.91 Å². The third kappa shape index (κ3) is 2.33. The van der Waals surface area contributed by atoms with Gasteiger partial charge in [-0.15, -0.1) is 0 Å². The molecule has 2 saturated heterocycles. The van der Waals surface area contributed by atoms with Crippen LogP contribution in [0, 0.1) is 23.5 Å². The fourth-order valence-corrected chi connectivity index (χ4v) is 3.79. The molecule has 1 N–H and O–H groups in total. The third-order valence-electron chi connectivity index (χ3n) is 5.05. The van der Waals surface area contributed by atoms with Crippen LogP contribution in [0.5, 0.6) is 0 Å². The molecule has 3 nitrogen and oxygen atoms in total. The zero-order valence-corrected chi connectivity index (χ0v) is 12.3. The Morgan fingerprint density at radius 1 is 1.33 bits per heavy atom. The van der Waals surface area contributed by atoms with Crippen molar-refractivity contribution in [3.63, 3.8) is 0 Å². The van der Waals surface area contributed by atoms with E-state index in [1.165, 1.54) is 18.2 Å². The maximum atomic E-state index is 13.7. The van der Waals surface area contributed by atoms with E-state index in [-0.39, 0.29) is 23.4 Å². The Balaban J connectivity index is 1.80. The molecule has 114 valence electrons. The molecule has 0 radical (unpaired) electrons. The summed E-state index contributed by atoms with van der Waals surface area (Å²) in [5, 5.41) is 3.35. The first-order valence-electron chi connectivity index (χ1n) is 7.35. The minimum absolute atomic E-state index is 0.131. The second kappa shape index (κ2) is 5.05. The average molecular weight is 294 g/mol. The topological polar surface area (TPSA) is 32.3 Å². The summed E-state index contributed by atoms with van der Waals surface area (Å²) < 4.78 is 27.4. The molecular weight excluding hydrogens is 274 g/mol. The molecule has 5 heteroatoms. The molecule has 0 aromatic heterocycles. The number of likely N-dealkylation sites (tertiary alicyclic amines) is 1. The Kier molecular flexibility index (Phi) is 3.48. The van der Waals surface area contributed by atoms with Crippen molar-refractivity contribution < 1.29 is 13.6 Å². The van der Waals surface area contributed by atoms with E-state index in [2.05, 4.69) is 5.32 Å². The largest absolute Gasteiger partial charge is 0.337 e. The Morgan fingerprint density at radius 3 is 2.62 bits per heavy atom. The van der Waals surface area contributed by atoms with E-state index in [9.17, 15) is 13.6 Å². The lowest BCUT2D eigenvalue weighted by atomic mass is 9.84. The van der Waals surface area contributed by atoms with Crippen LogP contribution in [-0.4, -0.2) is 36.0 Å². The molecule has 2 atom stereocenters. The first-order chi connectivity index (χ1) is 9.91. The minimum atomic E-state index is -0.651. The summed E-state index contributed by atoms with van der Waals surface area (Å²) in [6, 6.07) is 3.70. The zero-order chi connectivity index (χ0) is 15.2. The number of benzene rings is 1. The number of hydrogen-bond donors (Lipinski definition) is 1. The normalized spacial score (nSPS) is 27.0. The lowest BCUT2D eigenvalue weighted by molar-refractivity contribution is -0.134.